The van der Waals surface area contributed by atoms with E-state index in [-0.39, 0.29) is 11.3 Å². The molecule has 1 amide bonds. The minimum absolute atomic E-state index is 0.0509. The van der Waals surface area contributed by atoms with Crippen molar-refractivity contribution in [3.63, 3.8) is 0 Å². The Morgan fingerprint density at radius 2 is 1.65 bits per heavy atom. The fraction of sp³-hybridized carbons (Fsp3) is 0.857. The van der Waals surface area contributed by atoms with Crippen molar-refractivity contribution in [1.29, 1.82) is 5.26 Å². The van der Waals surface area contributed by atoms with Gasteiger partial charge in [-0.25, -0.2) is 0 Å². The molecule has 0 unspecified atom stereocenters. The van der Waals surface area contributed by atoms with Crippen LogP contribution in [0, 0.1) is 22.2 Å². The zero-order chi connectivity index (χ0) is 13.5. The van der Waals surface area contributed by atoms with Crippen LogP contribution in [-0.4, -0.2) is 12.5 Å². The van der Waals surface area contributed by atoms with E-state index in [0.29, 0.717) is 19.4 Å². The molecule has 0 aromatic carbocycles. The van der Waals surface area contributed by atoms with Crippen LogP contribution in [0.4, 0.5) is 0 Å². The number of nitrogens with zero attached hydrogens (tertiary/aromatic N) is 1. The molecule has 17 heavy (non-hydrogen) atoms. The monoisotopic (exact) mass is 238 g/mol. The SMILES string of the molecule is CCCC(C#N)(CCC)C(=O)NCC(C)(C)C. The highest BCUT2D eigenvalue weighted by atomic mass is 16.2. The lowest BCUT2D eigenvalue weighted by Gasteiger charge is -2.27. The Hall–Kier alpha value is -1.04. The second kappa shape index (κ2) is 6.64. The Bertz CT molecular complexity index is 278. The molecular formula is C14H26N2O. The van der Waals surface area contributed by atoms with E-state index in [9.17, 15) is 10.1 Å². The maximum Gasteiger partial charge on any atom is 0.240 e. The smallest absolute Gasteiger partial charge is 0.240 e. The molecule has 0 aromatic heterocycles. The van der Waals surface area contributed by atoms with Crippen LogP contribution in [0.1, 0.15) is 60.3 Å². The average Bonchev–Trinajstić information content (AvgIpc) is 2.24. The summed E-state index contributed by atoms with van der Waals surface area (Å²) in [6.07, 6.45) is 3.01. The highest BCUT2D eigenvalue weighted by molar-refractivity contribution is 5.85. The van der Waals surface area contributed by atoms with E-state index < -0.39 is 5.41 Å². The molecule has 0 bridgehead atoms. The third-order valence-corrected chi connectivity index (χ3v) is 2.78. The summed E-state index contributed by atoms with van der Waals surface area (Å²) in [6, 6.07) is 2.24. The van der Waals surface area contributed by atoms with Crippen molar-refractivity contribution in [3.05, 3.63) is 0 Å². The van der Waals surface area contributed by atoms with Gasteiger partial charge in [-0.05, 0) is 18.3 Å². The van der Waals surface area contributed by atoms with Gasteiger partial charge >= 0.3 is 0 Å². The topological polar surface area (TPSA) is 52.9 Å². The van der Waals surface area contributed by atoms with Gasteiger partial charge < -0.3 is 5.32 Å². The van der Waals surface area contributed by atoms with Crippen molar-refractivity contribution in [1.82, 2.24) is 5.32 Å². The predicted octanol–water partition coefficient (Wildman–Crippen LogP) is 3.26. The van der Waals surface area contributed by atoms with Crippen molar-refractivity contribution in [3.8, 4) is 6.07 Å². The summed E-state index contributed by atoms with van der Waals surface area (Å²) in [5.74, 6) is -0.0985. The Kier molecular flexibility index (Phi) is 6.23. The molecule has 0 aromatic rings. The first-order valence-corrected chi connectivity index (χ1v) is 6.51. The maximum absolute atomic E-state index is 12.2. The third kappa shape index (κ3) is 5.21. The number of carbonyl (C=O) groups excluding carboxylic acids is 1. The van der Waals surface area contributed by atoms with Gasteiger partial charge in [0.1, 0.15) is 5.41 Å². The minimum atomic E-state index is -0.825. The first kappa shape index (κ1) is 16.0. The number of nitrogens with one attached hydrogen (secondary N) is 1. The molecule has 0 spiro atoms. The number of hydrogen-bond acceptors (Lipinski definition) is 2. The molecule has 0 saturated heterocycles. The molecule has 0 rings (SSSR count). The molecule has 0 aliphatic carbocycles. The van der Waals surface area contributed by atoms with Crippen LogP contribution in [-0.2, 0) is 4.79 Å². The highest BCUT2D eigenvalue weighted by Gasteiger charge is 2.37. The third-order valence-electron chi connectivity index (χ3n) is 2.78. The molecule has 0 heterocycles. The van der Waals surface area contributed by atoms with Crippen molar-refractivity contribution < 1.29 is 4.79 Å². The molecule has 3 nitrogen and oxygen atoms in total. The molecule has 0 saturated carbocycles. The maximum atomic E-state index is 12.2. The van der Waals surface area contributed by atoms with Crippen LogP contribution >= 0.6 is 0 Å². The summed E-state index contributed by atoms with van der Waals surface area (Å²) in [7, 11) is 0. The molecule has 0 aliphatic heterocycles. The second-order valence-electron chi connectivity index (χ2n) is 5.94. The number of carbonyl (C=O) groups is 1. The Labute approximate surface area is 106 Å². The van der Waals surface area contributed by atoms with E-state index in [4.69, 9.17) is 0 Å². The average molecular weight is 238 g/mol. The van der Waals surface area contributed by atoms with Crippen LogP contribution in [0.5, 0.6) is 0 Å². The van der Waals surface area contributed by atoms with E-state index in [1.165, 1.54) is 0 Å². The van der Waals surface area contributed by atoms with E-state index in [0.717, 1.165) is 12.8 Å². The van der Waals surface area contributed by atoms with Crippen molar-refractivity contribution in [2.24, 2.45) is 10.8 Å². The summed E-state index contributed by atoms with van der Waals surface area (Å²) >= 11 is 0. The molecule has 3 heteroatoms. The van der Waals surface area contributed by atoms with E-state index in [1.54, 1.807) is 0 Å². The van der Waals surface area contributed by atoms with Gasteiger partial charge in [0.15, 0.2) is 0 Å². The fourth-order valence-electron chi connectivity index (χ4n) is 1.88. The van der Waals surface area contributed by atoms with E-state index in [2.05, 4.69) is 32.2 Å². The molecule has 0 aliphatic rings. The van der Waals surface area contributed by atoms with Crippen molar-refractivity contribution in [2.45, 2.75) is 60.3 Å². The summed E-state index contributed by atoms with van der Waals surface area (Å²) < 4.78 is 0. The summed E-state index contributed by atoms with van der Waals surface area (Å²) in [6.45, 7) is 10.9. The minimum Gasteiger partial charge on any atom is -0.354 e. The zero-order valence-corrected chi connectivity index (χ0v) is 11.9. The van der Waals surface area contributed by atoms with Gasteiger partial charge in [-0.15, -0.1) is 0 Å². The van der Waals surface area contributed by atoms with E-state index >= 15 is 0 Å². The Morgan fingerprint density at radius 3 is 1.94 bits per heavy atom. The number of rotatable bonds is 6. The standard InChI is InChI=1S/C14H26N2O/c1-6-8-14(10-15,9-7-2)12(17)16-11-13(3,4)5/h6-9,11H2,1-5H3,(H,16,17). The first-order chi connectivity index (χ1) is 7.81. The lowest BCUT2D eigenvalue weighted by atomic mass is 9.79. The summed E-state index contributed by atoms with van der Waals surface area (Å²) in [5, 5.41) is 12.3. The quantitative estimate of drug-likeness (QED) is 0.772. The molecule has 0 fully saturated rings. The van der Waals surface area contributed by atoms with Crippen LogP contribution in [0.15, 0.2) is 0 Å². The lowest BCUT2D eigenvalue weighted by Crippen LogP contribution is -2.43. The molecule has 0 radical (unpaired) electrons. The highest BCUT2D eigenvalue weighted by Crippen LogP contribution is 2.29. The molecule has 0 atom stereocenters. The lowest BCUT2D eigenvalue weighted by molar-refractivity contribution is -0.129. The number of nitriles is 1. The normalized spacial score (nSPS) is 12.0. The fourth-order valence-corrected chi connectivity index (χ4v) is 1.88. The van der Waals surface area contributed by atoms with Gasteiger partial charge in [-0.1, -0.05) is 47.5 Å². The number of hydrogen-bond donors (Lipinski definition) is 1. The Balaban J connectivity index is 4.70. The van der Waals surface area contributed by atoms with Crippen LogP contribution in [0.2, 0.25) is 0 Å². The Morgan fingerprint density at radius 1 is 1.18 bits per heavy atom. The van der Waals surface area contributed by atoms with Crippen molar-refractivity contribution >= 4 is 5.91 Å². The van der Waals surface area contributed by atoms with Gasteiger partial charge in [-0.3, -0.25) is 4.79 Å². The molecule has 98 valence electrons. The van der Waals surface area contributed by atoms with Gasteiger partial charge in [-0.2, -0.15) is 5.26 Å². The van der Waals surface area contributed by atoms with Crippen LogP contribution < -0.4 is 5.32 Å². The van der Waals surface area contributed by atoms with Crippen LogP contribution in [0.25, 0.3) is 0 Å². The second-order valence-corrected chi connectivity index (χ2v) is 5.94. The molecular weight excluding hydrogens is 212 g/mol. The van der Waals surface area contributed by atoms with Gasteiger partial charge in [0.2, 0.25) is 5.91 Å². The van der Waals surface area contributed by atoms with E-state index in [1.807, 2.05) is 13.8 Å². The largest absolute Gasteiger partial charge is 0.354 e. The van der Waals surface area contributed by atoms with Crippen molar-refractivity contribution in [2.75, 3.05) is 6.54 Å². The zero-order valence-electron chi connectivity index (χ0n) is 11.9. The van der Waals surface area contributed by atoms with Gasteiger partial charge in [0.25, 0.3) is 0 Å². The van der Waals surface area contributed by atoms with Gasteiger partial charge in [0, 0.05) is 6.54 Å². The van der Waals surface area contributed by atoms with Gasteiger partial charge in [0.05, 0.1) is 6.07 Å². The predicted molar refractivity (Wildman–Crippen MR) is 70.3 cm³/mol. The first-order valence-electron chi connectivity index (χ1n) is 6.51. The molecule has 1 N–H and O–H groups in total. The number of amides is 1. The summed E-state index contributed by atoms with van der Waals surface area (Å²) in [4.78, 5) is 12.2. The van der Waals surface area contributed by atoms with Crippen LogP contribution in [0.3, 0.4) is 0 Å². The summed E-state index contributed by atoms with van der Waals surface area (Å²) in [5.41, 5.74) is -0.774.